The number of fused-ring (bicyclic) bond motifs is 2. The molecule has 198 valence electrons. The lowest BCUT2D eigenvalue weighted by molar-refractivity contribution is -0.126. The Morgan fingerprint density at radius 1 is 1.11 bits per heavy atom. The number of aliphatic hydroxyl groups is 1. The molecule has 1 spiro atoms. The number of amides is 2. The van der Waals surface area contributed by atoms with Gasteiger partial charge in [-0.1, -0.05) is 68.8 Å². The molecule has 7 heteroatoms. The van der Waals surface area contributed by atoms with E-state index in [0.717, 1.165) is 36.1 Å². The zero-order valence-electron chi connectivity index (χ0n) is 21.9. The Kier molecular flexibility index (Phi) is 7.12. The van der Waals surface area contributed by atoms with Crippen LogP contribution in [-0.4, -0.2) is 41.2 Å². The van der Waals surface area contributed by atoms with Gasteiger partial charge < -0.3 is 21.1 Å². The van der Waals surface area contributed by atoms with E-state index in [-0.39, 0.29) is 41.3 Å². The molecule has 1 aliphatic carbocycles. The fraction of sp³-hybridized carbons (Fsp3) is 0.533. The van der Waals surface area contributed by atoms with Gasteiger partial charge in [0.15, 0.2) is 0 Å². The van der Waals surface area contributed by atoms with Crippen molar-refractivity contribution in [3.8, 4) is 0 Å². The Morgan fingerprint density at radius 3 is 2.49 bits per heavy atom. The Balaban J connectivity index is 1.58. The van der Waals surface area contributed by atoms with Crippen LogP contribution in [0.25, 0.3) is 0 Å². The van der Waals surface area contributed by atoms with Crippen molar-refractivity contribution >= 4 is 29.1 Å². The van der Waals surface area contributed by atoms with Crippen LogP contribution in [0.1, 0.15) is 64.0 Å². The van der Waals surface area contributed by atoms with Crippen molar-refractivity contribution in [3.63, 3.8) is 0 Å². The van der Waals surface area contributed by atoms with E-state index in [1.54, 1.807) is 0 Å². The number of carbonyl (C=O) groups excluding carboxylic acids is 2. The summed E-state index contributed by atoms with van der Waals surface area (Å²) >= 11 is 6.32. The lowest BCUT2D eigenvalue weighted by Crippen LogP contribution is -2.51. The molecule has 2 heterocycles. The molecular weight excluding hydrogens is 486 g/mol. The summed E-state index contributed by atoms with van der Waals surface area (Å²) < 4.78 is 0. The molecule has 2 fully saturated rings. The van der Waals surface area contributed by atoms with E-state index in [0.29, 0.717) is 24.3 Å². The molecule has 37 heavy (non-hydrogen) atoms. The first kappa shape index (κ1) is 26.2. The monoisotopic (exact) mass is 523 g/mol. The average molecular weight is 524 g/mol. The van der Waals surface area contributed by atoms with Crippen molar-refractivity contribution in [2.75, 3.05) is 5.32 Å². The molecule has 0 radical (unpaired) electrons. The van der Waals surface area contributed by atoms with Crippen LogP contribution in [0.3, 0.4) is 0 Å². The number of carbonyl (C=O) groups is 2. The Morgan fingerprint density at radius 2 is 1.81 bits per heavy atom. The predicted octanol–water partition coefficient (Wildman–Crippen LogP) is 4.59. The van der Waals surface area contributed by atoms with E-state index >= 15 is 0 Å². The Hall–Kier alpha value is -2.41. The van der Waals surface area contributed by atoms with Gasteiger partial charge in [0.1, 0.15) is 0 Å². The van der Waals surface area contributed by atoms with E-state index in [1.165, 1.54) is 0 Å². The van der Waals surface area contributed by atoms with Crippen LogP contribution in [0, 0.1) is 11.3 Å². The molecule has 1 saturated heterocycles. The number of benzene rings is 2. The second-order valence-electron chi connectivity index (χ2n) is 12.3. The quantitative estimate of drug-likeness (QED) is 0.461. The maximum absolute atomic E-state index is 14.1. The number of aliphatic hydroxyl groups excluding tert-OH is 1. The maximum atomic E-state index is 14.1. The van der Waals surface area contributed by atoms with Crippen LogP contribution in [-0.2, 0) is 21.4 Å². The molecule has 0 unspecified atom stereocenters. The predicted molar refractivity (Wildman–Crippen MR) is 147 cm³/mol. The molecule has 2 aromatic carbocycles. The molecule has 0 aromatic heterocycles. The first-order valence-electron chi connectivity index (χ1n) is 13.5. The zero-order valence-corrected chi connectivity index (χ0v) is 22.6. The minimum Gasteiger partial charge on any atom is -0.393 e. The average Bonchev–Trinajstić information content (AvgIpc) is 3.30. The van der Waals surface area contributed by atoms with Gasteiger partial charge in [0.25, 0.3) is 0 Å². The number of halogens is 1. The van der Waals surface area contributed by atoms with Crippen LogP contribution < -0.4 is 16.0 Å². The van der Waals surface area contributed by atoms with Crippen LogP contribution in [0.2, 0.25) is 5.02 Å². The van der Waals surface area contributed by atoms with Gasteiger partial charge in [-0.2, -0.15) is 0 Å². The summed E-state index contributed by atoms with van der Waals surface area (Å²) in [7, 11) is 0. The van der Waals surface area contributed by atoms with Gasteiger partial charge in [-0.15, -0.1) is 0 Å². The van der Waals surface area contributed by atoms with Crippen LogP contribution in [0.15, 0.2) is 48.5 Å². The normalized spacial score (nSPS) is 31.3. The summed E-state index contributed by atoms with van der Waals surface area (Å²) in [5.41, 5.74) is 1.77. The molecule has 6 nitrogen and oxygen atoms in total. The smallest absolute Gasteiger partial charge is 0.237 e. The number of rotatable bonds is 5. The Bertz CT molecular complexity index is 1160. The zero-order chi connectivity index (χ0) is 26.4. The van der Waals surface area contributed by atoms with Crippen molar-refractivity contribution in [1.29, 1.82) is 0 Å². The van der Waals surface area contributed by atoms with Gasteiger partial charge in [-0.05, 0) is 67.2 Å². The fourth-order valence-corrected chi connectivity index (χ4v) is 6.95. The fourth-order valence-electron chi connectivity index (χ4n) is 6.78. The minimum absolute atomic E-state index is 0.0381. The number of hydrogen-bond donors (Lipinski definition) is 4. The van der Waals surface area contributed by atoms with Crippen molar-refractivity contribution < 1.29 is 14.7 Å². The molecule has 4 N–H and O–H groups in total. The van der Waals surface area contributed by atoms with Crippen molar-refractivity contribution in [3.05, 3.63) is 64.7 Å². The Labute approximate surface area is 224 Å². The van der Waals surface area contributed by atoms with Gasteiger partial charge in [0, 0.05) is 28.7 Å². The maximum Gasteiger partial charge on any atom is 0.237 e. The molecule has 1 saturated carbocycles. The van der Waals surface area contributed by atoms with Gasteiger partial charge in [0.2, 0.25) is 11.8 Å². The third-order valence-electron chi connectivity index (χ3n) is 8.41. The van der Waals surface area contributed by atoms with E-state index in [4.69, 9.17) is 11.6 Å². The molecule has 0 bridgehead atoms. The number of anilines is 1. The third kappa shape index (κ3) is 5.04. The molecule has 2 aliphatic heterocycles. The van der Waals surface area contributed by atoms with Gasteiger partial charge in [0.05, 0.1) is 17.6 Å². The highest BCUT2D eigenvalue weighted by Gasteiger charge is 2.65. The summed E-state index contributed by atoms with van der Waals surface area (Å²) in [6, 6.07) is 15.0. The van der Waals surface area contributed by atoms with Gasteiger partial charge >= 0.3 is 0 Å². The topological polar surface area (TPSA) is 90.5 Å². The first-order chi connectivity index (χ1) is 17.6. The number of nitrogens with one attached hydrogen (secondary N) is 3. The third-order valence-corrected chi connectivity index (χ3v) is 8.64. The van der Waals surface area contributed by atoms with Gasteiger partial charge in [-0.3, -0.25) is 9.59 Å². The highest BCUT2D eigenvalue weighted by atomic mass is 35.5. The highest BCUT2D eigenvalue weighted by Crippen LogP contribution is 2.54. The lowest BCUT2D eigenvalue weighted by Gasteiger charge is -2.37. The van der Waals surface area contributed by atoms with E-state index < -0.39 is 11.5 Å². The SMILES string of the molecule is CC(C)(C)C[C@@H]1N[C@@H](C(=O)N[C@H]2CC[C@H](O)CC2)[C@H](Cc2ccccc2)[C@]12C(=O)Nc1cc(Cl)ccc12. The second-order valence-corrected chi connectivity index (χ2v) is 12.7. The van der Waals surface area contributed by atoms with Crippen LogP contribution >= 0.6 is 11.6 Å². The highest BCUT2D eigenvalue weighted by molar-refractivity contribution is 6.31. The molecule has 3 aliphatic rings. The largest absolute Gasteiger partial charge is 0.393 e. The number of hydrogen-bond acceptors (Lipinski definition) is 4. The molecule has 5 rings (SSSR count). The second kappa shape index (κ2) is 10.0. The molecule has 4 atom stereocenters. The molecule has 2 amide bonds. The van der Waals surface area contributed by atoms with Crippen molar-refractivity contribution in [2.24, 2.45) is 11.3 Å². The summed E-state index contributed by atoms with van der Waals surface area (Å²) in [6.45, 7) is 6.51. The lowest BCUT2D eigenvalue weighted by atomic mass is 9.63. The minimum atomic E-state index is -0.909. The summed E-state index contributed by atoms with van der Waals surface area (Å²) in [5, 5.41) is 20.6. The van der Waals surface area contributed by atoms with E-state index in [2.05, 4.69) is 48.9 Å². The van der Waals surface area contributed by atoms with Crippen molar-refractivity contribution in [2.45, 2.75) is 88.9 Å². The van der Waals surface area contributed by atoms with Crippen LogP contribution in [0.5, 0.6) is 0 Å². The van der Waals surface area contributed by atoms with E-state index in [9.17, 15) is 14.7 Å². The molecular formula is C30H38ClN3O3. The van der Waals surface area contributed by atoms with Crippen LogP contribution in [0.4, 0.5) is 5.69 Å². The summed E-state index contributed by atoms with van der Waals surface area (Å²) in [6.07, 6.45) is 3.96. The standard InChI is InChI=1S/C30H38ClN3O3/c1-29(2,3)17-25-30(22-14-9-19(31)16-24(22)33-28(30)37)23(15-18-7-5-4-6-8-18)26(34-25)27(36)32-20-10-12-21(35)13-11-20/h4-9,14,16,20-21,23,25-26,34-35H,10-13,15,17H2,1-3H3,(H,32,36)(H,33,37)/t20-,21-,23-,25-,26+,30-/m0/s1. The van der Waals surface area contributed by atoms with Gasteiger partial charge in [-0.25, -0.2) is 0 Å². The first-order valence-corrected chi connectivity index (χ1v) is 13.9. The summed E-state index contributed by atoms with van der Waals surface area (Å²) in [4.78, 5) is 28.0. The van der Waals surface area contributed by atoms with E-state index in [1.807, 2.05) is 36.4 Å². The molecule has 2 aromatic rings. The summed E-state index contributed by atoms with van der Waals surface area (Å²) in [5.74, 6) is -0.421. The van der Waals surface area contributed by atoms with Crippen molar-refractivity contribution in [1.82, 2.24) is 10.6 Å².